The van der Waals surface area contributed by atoms with Gasteiger partial charge in [-0.15, -0.1) is 0 Å². The lowest BCUT2D eigenvalue weighted by Gasteiger charge is -2.15. The average molecular weight is 200 g/mol. The maximum absolute atomic E-state index is 11.4. The van der Waals surface area contributed by atoms with Crippen LogP contribution in [0.3, 0.4) is 0 Å². The molecular formula is C9H16N2O3. The number of carbonyl (C=O) groups excluding carboxylic acids is 2. The van der Waals surface area contributed by atoms with Gasteiger partial charge in [-0.05, 0) is 6.42 Å². The molecule has 0 spiro atoms. The molecule has 1 heterocycles. The minimum atomic E-state index is -0.198. The van der Waals surface area contributed by atoms with E-state index in [2.05, 4.69) is 5.32 Å². The van der Waals surface area contributed by atoms with E-state index >= 15 is 0 Å². The molecule has 0 aromatic rings. The Labute approximate surface area is 83.1 Å². The number of likely N-dealkylation sites (tertiary alicyclic amines) is 1. The number of hydrogen-bond acceptors (Lipinski definition) is 3. The van der Waals surface area contributed by atoms with Gasteiger partial charge < -0.3 is 15.3 Å². The molecular weight excluding hydrogens is 184 g/mol. The van der Waals surface area contributed by atoms with E-state index in [1.807, 2.05) is 0 Å². The van der Waals surface area contributed by atoms with Gasteiger partial charge in [0.2, 0.25) is 11.8 Å². The van der Waals surface area contributed by atoms with Crippen molar-refractivity contribution in [2.24, 2.45) is 5.92 Å². The first-order chi connectivity index (χ1) is 6.63. The first kappa shape index (κ1) is 11.0. The molecule has 1 rings (SSSR count). The van der Waals surface area contributed by atoms with Crippen molar-refractivity contribution in [2.45, 2.75) is 13.3 Å². The fourth-order valence-electron chi connectivity index (χ4n) is 1.52. The number of amides is 2. The van der Waals surface area contributed by atoms with Crippen LogP contribution in [0.4, 0.5) is 0 Å². The monoisotopic (exact) mass is 200 g/mol. The Morgan fingerprint density at radius 1 is 1.57 bits per heavy atom. The maximum atomic E-state index is 11.4. The van der Waals surface area contributed by atoms with E-state index in [1.54, 1.807) is 4.90 Å². The number of nitrogens with one attached hydrogen (secondary N) is 1. The van der Waals surface area contributed by atoms with Gasteiger partial charge in [0.1, 0.15) is 0 Å². The lowest BCUT2D eigenvalue weighted by atomic mass is 10.1. The molecule has 0 aromatic heterocycles. The first-order valence-corrected chi connectivity index (χ1v) is 4.76. The Hall–Kier alpha value is -1.10. The summed E-state index contributed by atoms with van der Waals surface area (Å²) in [5, 5.41) is 11.3. The Balaban J connectivity index is 2.28. The highest BCUT2D eigenvalue weighted by Gasteiger charge is 2.25. The summed E-state index contributed by atoms with van der Waals surface area (Å²) in [5.41, 5.74) is 0. The Morgan fingerprint density at radius 3 is 2.79 bits per heavy atom. The molecule has 1 aliphatic rings. The molecule has 0 bridgehead atoms. The van der Waals surface area contributed by atoms with Crippen molar-refractivity contribution < 1.29 is 14.7 Å². The zero-order chi connectivity index (χ0) is 10.6. The van der Waals surface area contributed by atoms with Crippen LogP contribution in [0.15, 0.2) is 0 Å². The van der Waals surface area contributed by atoms with Gasteiger partial charge in [0.15, 0.2) is 0 Å². The zero-order valence-electron chi connectivity index (χ0n) is 8.32. The zero-order valence-corrected chi connectivity index (χ0v) is 8.32. The largest absolute Gasteiger partial charge is 0.396 e. The van der Waals surface area contributed by atoms with Crippen LogP contribution in [0.5, 0.6) is 0 Å². The van der Waals surface area contributed by atoms with Gasteiger partial charge in [-0.1, -0.05) is 0 Å². The van der Waals surface area contributed by atoms with Gasteiger partial charge in [-0.25, -0.2) is 0 Å². The molecule has 14 heavy (non-hydrogen) atoms. The summed E-state index contributed by atoms with van der Waals surface area (Å²) in [6.07, 6.45) is 0.850. The van der Waals surface area contributed by atoms with E-state index in [4.69, 9.17) is 5.11 Å². The second-order valence-electron chi connectivity index (χ2n) is 3.59. The van der Waals surface area contributed by atoms with Crippen molar-refractivity contribution in [3.05, 3.63) is 0 Å². The summed E-state index contributed by atoms with van der Waals surface area (Å²) in [7, 11) is 0. The van der Waals surface area contributed by atoms with Crippen LogP contribution in [0, 0.1) is 5.92 Å². The van der Waals surface area contributed by atoms with Crippen molar-refractivity contribution in [1.29, 1.82) is 0 Å². The van der Waals surface area contributed by atoms with Gasteiger partial charge in [0.25, 0.3) is 0 Å². The molecule has 0 unspecified atom stereocenters. The minimum Gasteiger partial charge on any atom is -0.396 e. The minimum absolute atomic E-state index is 0.0630. The van der Waals surface area contributed by atoms with Crippen molar-refractivity contribution in [3.8, 4) is 0 Å². The van der Waals surface area contributed by atoms with Crippen molar-refractivity contribution >= 4 is 11.8 Å². The molecule has 2 N–H and O–H groups in total. The van der Waals surface area contributed by atoms with Gasteiger partial charge in [-0.2, -0.15) is 0 Å². The highest BCUT2D eigenvalue weighted by atomic mass is 16.3. The van der Waals surface area contributed by atoms with E-state index in [1.165, 1.54) is 6.92 Å². The second-order valence-corrected chi connectivity index (χ2v) is 3.59. The number of rotatable bonds is 3. The molecule has 1 atom stereocenters. The molecule has 5 heteroatoms. The molecule has 1 saturated heterocycles. The third-order valence-corrected chi connectivity index (χ3v) is 2.39. The maximum Gasteiger partial charge on any atom is 0.241 e. The Morgan fingerprint density at radius 2 is 2.29 bits per heavy atom. The molecule has 0 radical (unpaired) electrons. The molecule has 0 aliphatic carbocycles. The SMILES string of the molecule is CC(=O)NCC(=O)N1CC[C@H](CO)C1. The predicted octanol–water partition coefficient (Wildman–Crippen LogP) is -1.04. The van der Waals surface area contributed by atoms with E-state index in [-0.39, 0.29) is 30.9 Å². The fraction of sp³-hybridized carbons (Fsp3) is 0.778. The third kappa shape index (κ3) is 2.99. The fourth-order valence-corrected chi connectivity index (χ4v) is 1.52. The first-order valence-electron chi connectivity index (χ1n) is 4.76. The van der Waals surface area contributed by atoms with Crippen molar-refractivity contribution in [2.75, 3.05) is 26.2 Å². The molecule has 1 fully saturated rings. The number of nitrogens with zero attached hydrogens (tertiary/aromatic N) is 1. The van der Waals surface area contributed by atoms with Gasteiger partial charge in [-0.3, -0.25) is 9.59 Å². The van der Waals surface area contributed by atoms with Gasteiger partial charge in [0, 0.05) is 32.5 Å². The van der Waals surface area contributed by atoms with Gasteiger partial charge >= 0.3 is 0 Å². The molecule has 1 aliphatic heterocycles. The van der Waals surface area contributed by atoms with Crippen LogP contribution in [-0.2, 0) is 9.59 Å². The molecule has 2 amide bonds. The average Bonchev–Trinajstić information content (AvgIpc) is 2.62. The summed E-state index contributed by atoms with van der Waals surface area (Å²) in [5.74, 6) is -0.0660. The lowest BCUT2D eigenvalue weighted by molar-refractivity contribution is -0.131. The van der Waals surface area contributed by atoms with Crippen LogP contribution < -0.4 is 5.32 Å². The summed E-state index contributed by atoms with van der Waals surface area (Å²) in [4.78, 5) is 23.7. The van der Waals surface area contributed by atoms with E-state index in [0.29, 0.717) is 13.1 Å². The lowest BCUT2D eigenvalue weighted by Crippen LogP contribution is -2.38. The van der Waals surface area contributed by atoms with E-state index in [0.717, 1.165) is 6.42 Å². The van der Waals surface area contributed by atoms with E-state index < -0.39 is 0 Å². The normalized spacial score (nSPS) is 21.0. The quantitative estimate of drug-likeness (QED) is 0.611. The van der Waals surface area contributed by atoms with Crippen LogP contribution >= 0.6 is 0 Å². The van der Waals surface area contributed by atoms with Gasteiger partial charge in [0.05, 0.1) is 6.54 Å². The standard InChI is InChI=1S/C9H16N2O3/c1-7(13)10-4-9(14)11-3-2-8(5-11)6-12/h8,12H,2-6H2,1H3,(H,10,13)/t8-/m0/s1. The van der Waals surface area contributed by atoms with Crippen molar-refractivity contribution in [3.63, 3.8) is 0 Å². The number of hydrogen-bond donors (Lipinski definition) is 2. The third-order valence-electron chi connectivity index (χ3n) is 2.39. The molecule has 80 valence electrons. The Bertz CT molecular complexity index is 230. The van der Waals surface area contributed by atoms with Crippen LogP contribution in [0.25, 0.3) is 0 Å². The Kier molecular flexibility index (Phi) is 3.88. The highest BCUT2D eigenvalue weighted by molar-refractivity contribution is 5.83. The molecule has 0 saturated carbocycles. The number of carbonyl (C=O) groups is 2. The van der Waals surface area contributed by atoms with E-state index in [9.17, 15) is 9.59 Å². The summed E-state index contributed by atoms with van der Waals surface area (Å²) >= 11 is 0. The molecule has 0 aromatic carbocycles. The predicted molar refractivity (Wildman–Crippen MR) is 50.5 cm³/mol. The van der Waals surface area contributed by atoms with Crippen LogP contribution in [0.2, 0.25) is 0 Å². The van der Waals surface area contributed by atoms with Crippen molar-refractivity contribution in [1.82, 2.24) is 10.2 Å². The number of aliphatic hydroxyl groups is 1. The summed E-state index contributed by atoms with van der Waals surface area (Å²) < 4.78 is 0. The molecule has 5 nitrogen and oxygen atoms in total. The van der Waals surface area contributed by atoms with Crippen LogP contribution in [-0.4, -0.2) is 48.1 Å². The second kappa shape index (κ2) is 4.95. The summed E-state index contributed by atoms with van der Waals surface area (Å²) in [6, 6.07) is 0. The summed E-state index contributed by atoms with van der Waals surface area (Å²) in [6.45, 7) is 2.86. The van der Waals surface area contributed by atoms with Crippen LogP contribution in [0.1, 0.15) is 13.3 Å². The number of aliphatic hydroxyl groups excluding tert-OH is 1. The smallest absolute Gasteiger partial charge is 0.241 e. The topological polar surface area (TPSA) is 69.6 Å². The highest BCUT2D eigenvalue weighted by Crippen LogP contribution is 2.14.